The van der Waals surface area contributed by atoms with Gasteiger partial charge in [0, 0.05) is 23.5 Å². The van der Waals surface area contributed by atoms with Crippen molar-refractivity contribution in [2.75, 3.05) is 19.8 Å². The van der Waals surface area contributed by atoms with E-state index in [2.05, 4.69) is 10.2 Å². The summed E-state index contributed by atoms with van der Waals surface area (Å²) in [6.45, 7) is 6.21. The summed E-state index contributed by atoms with van der Waals surface area (Å²) < 4.78 is 10.5. The lowest BCUT2D eigenvalue weighted by atomic mass is 9.80. The fraction of sp³-hybridized carbons (Fsp3) is 0.429. The number of allylic oxidation sites excluding steroid dienone is 2. The Bertz CT molecular complexity index is 1010. The highest BCUT2D eigenvalue weighted by Crippen LogP contribution is 2.40. The average molecular weight is 463 g/mol. The highest BCUT2D eigenvalue weighted by atomic mass is 17.0. The normalized spacial score (nSPS) is 15.7. The second-order valence-electron chi connectivity index (χ2n) is 7.67. The van der Waals surface area contributed by atoms with Crippen LogP contribution < -0.4 is 5.32 Å². The van der Waals surface area contributed by atoms with Crippen LogP contribution in [0.3, 0.4) is 0 Å². The minimum absolute atomic E-state index is 0.0266. The molecule has 0 bridgehead atoms. The SMILES string of the molecule is CC1=C(C(=O)OCCO[N+](=O)[O-])C(c2cccc([N+](=O)[O-])c2)C(C(=O)OCC(C)C)=C(C)N1. The van der Waals surface area contributed by atoms with Gasteiger partial charge >= 0.3 is 11.9 Å². The van der Waals surface area contributed by atoms with E-state index in [1.54, 1.807) is 19.9 Å². The van der Waals surface area contributed by atoms with Gasteiger partial charge in [-0.2, -0.15) is 0 Å². The van der Waals surface area contributed by atoms with Crippen LogP contribution in [0.5, 0.6) is 0 Å². The minimum Gasteiger partial charge on any atom is -0.462 e. The van der Waals surface area contributed by atoms with Crippen molar-refractivity contribution in [1.29, 1.82) is 0 Å². The van der Waals surface area contributed by atoms with Gasteiger partial charge in [0.15, 0.2) is 0 Å². The number of hydrogen-bond donors (Lipinski definition) is 1. The molecule has 1 aliphatic heterocycles. The fourth-order valence-electron chi connectivity index (χ4n) is 3.33. The Kier molecular flexibility index (Phi) is 8.49. The van der Waals surface area contributed by atoms with E-state index in [9.17, 15) is 29.8 Å². The average Bonchev–Trinajstić information content (AvgIpc) is 2.74. The van der Waals surface area contributed by atoms with Crippen molar-refractivity contribution < 1.29 is 33.9 Å². The first kappa shape index (κ1) is 25.3. The van der Waals surface area contributed by atoms with Crippen LogP contribution in [-0.4, -0.2) is 41.8 Å². The van der Waals surface area contributed by atoms with Crippen LogP contribution in [0.4, 0.5) is 5.69 Å². The zero-order valence-electron chi connectivity index (χ0n) is 18.7. The number of benzene rings is 1. The molecule has 0 saturated heterocycles. The number of carbonyl (C=O) groups excluding carboxylic acids is 2. The monoisotopic (exact) mass is 463 g/mol. The van der Waals surface area contributed by atoms with Gasteiger partial charge in [-0.1, -0.05) is 26.0 Å². The Morgan fingerprint density at radius 1 is 1.03 bits per heavy atom. The Morgan fingerprint density at radius 3 is 2.18 bits per heavy atom. The van der Waals surface area contributed by atoms with Crippen molar-refractivity contribution >= 4 is 17.6 Å². The molecule has 0 aliphatic carbocycles. The molecule has 1 N–H and O–H groups in total. The van der Waals surface area contributed by atoms with Crippen molar-refractivity contribution in [3.05, 3.63) is 72.6 Å². The van der Waals surface area contributed by atoms with E-state index in [1.165, 1.54) is 18.2 Å². The lowest BCUT2D eigenvalue weighted by molar-refractivity contribution is -0.757. The first-order valence-corrected chi connectivity index (χ1v) is 10.1. The van der Waals surface area contributed by atoms with E-state index in [0.717, 1.165) is 0 Å². The van der Waals surface area contributed by atoms with Gasteiger partial charge in [-0.15, -0.1) is 10.1 Å². The molecule has 2 rings (SSSR count). The predicted octanol–water partition coefficient (Wildman–Crippen LogP) is 2.78. The standard InChI is InChI=1S/C21H25N3O9/c1-12(2)11-32-21(26)18-14(4)22-13(3)17(20(25)31-8-9-33-24(29)30)19(18)15-6-5-7-16(10-15)23(27)28/h5-7,10,12,19,22H,8-9,11H2,1-4H3. The van der Waals surface area contributed by atoms with Gasteiger partial charge < -0.3 is 19.6 Å². The first-order chi connectivity index (χ1) is 15.5. The lowest BCUT2D eigenvalue weighted by Crippen LogP contribution is -2.33. The summed E-state index contributed by atoms with van der Waals surface area (Å²) in [6.07, 6.45) is 0. The van der Waals surface area contributed by atoms with Gasteiger partial charge in [-0.3, -0.25) is 10.1 Å². The molecule has 1 aromatic rings. The topological polar surface area (TPSA) is 160 Å². The quantitative estimate of drug-likeness (QED) is 0.236. The summed E-state index contributed by atoms with van der Waals surface area (Å²) in [7, 11) is 0. The molecule has 0 radical (unpaired) electrons. The van der Waals surface area contributed by atoms with E-state index in [1.807, 2.05) is 13.8 Å². The van der Waals surface area contributed by atoms with Crippen molar-refractivity contribution in [2.45, 2.75) is 33.6 Å². The summed E-state index contributed by atoms with van der Waals surface area (Å²) in [5, 5.41) is 23.6. The molecule has 1 atom stereocenters. The van der Waals surface area contributed by atoms with Gasteiger partial charge in [0.25, 0.3) is 10.8 Å². The molecule has 0 aromatic heterocycles. The first-order valence-electron chi connectivity index (χ1n) is 10.1. The van der Waals surface area contributed by atoms with Crippen LogP contribution >= 0.6 is 0 Å². The third-order valence-electron chi connectivity index (χ3n) is 4.68. The molecule has 1 heterocycles. The van der Waals surface area contributed by atoms with Crippen LogP contribution in [-0.2, 0) is 23.9 Å². The van der Waals surface area contributed by atoms with Gasteiger partial charge in [0.2, 0.25) is 0 Å². The smallest absolute Gasteiger partial charge is 0.336 e. The number of nitro benzene ring substituents is 1. The molecule has 1 aromatic carbocycles. The highest BCUT2D eigenvalue weighted by molar-refractivity contribution is 6.00. The molecular weight excluding hydrogens is 438 g/mol. The summed E-state index contributed by atoms with van der Waals surface area (Å²) in [4.78, 5) is 51.1. The zero-order chi connectivity index (χ0) is 24.7. The molecule has 12 nitrogen and oxygen atoms in total. The maximum atomic E-state index is 13.0. The van der Waals surface area contributed by atoms with Crippen LogP contribution in [0.1, 0.15) is 39.2 Å². The number of esters is 2. The predicted molar refractivity (Wildman–Crippen MR) is 114 cm³/mol. The third kappa shape index (κ3) is 6.51. The number of dihydropyridines is 1. The number of hydrogen-bond acceptors (Lipinski definition) is 10. The van der Waals surface area contributed by atoms with Crippen molar-refractivity contribution in [2.24, 2.45) is 5.92 Å². The summed E-state index contributed by atoms with van der Waals surface area (Å²) >= 11 is 0. The van der Waals surface area contributed by atoms with Crippen molar-refractivity contribution in [3.63, 3.8) is 0 Å². The maximum absolute atomic E-state index is 13.0. The van der Waals surface area contributed by atoms with Gasteiger partial charge in [0.1, 0.15) is 13.2 Å². The van der Waals surface area contributed by atoms with Gasteiger partial charge in [-0.25, -0.2) is 9.59 Å². The van der Waals surface area contributed by atoms with Crippen molar-refractivity contribution in [3.8, 4) is 0 Å². The van der Waals surface area contributed by atoms with Gasteiger partial charge in [-0.05, 0) is 25.3 Å². The molecular formula is C21H25N3O9. The largest absolute Gasteiger partial charge is 0.462 e. The minimum atomic E-state index is -1.02. The van der Waals surface area contributed by atoms with Crippen LogP contribution in [0.25, 0.3) is 0 Å². The number of ether oxygens (including phenoxy) is 2. The molecule has 178 valence electrons. The Labute approximate surface area is 189 Å². The molecule has 0 saturated carbocycles. The molecule has 0 amide bonds. The maximum Gasteiger partial charge on any atom is 0.336 e. The van der Waals surface area contributed by atoms with E-state index < -0.39 is 41.1 Å². The number of rotatable bonds is 10. The second-order valence-corrected chi connectivity index (χ2v) is 7.67. The van der Waals surface area contributed by atoms with E-state index in [-0.39, 0.29) is 29.4 Å². The summed E-state index contributed by atoms with van der Waals surface area (Å²) in [5.41, 5.74) is 1.02. The molecule has 0 spiro atoms. The molecule has 33 heavy (non-hydrogen) atoms. The number of nitro groups is 1. The number of nitrogens with zero attached hydrogens (tertiary/aromatic N) is 2. The lowest BCUT2D eigenvalue weighted by Gasteiger charge is -2.30. The summed E-state index contributed by atoms with van der Waals surface area (Å²) in [5.74, 6) is -2.49. The molecule has 1 unspecified atom stereocenters. The van der Waals surface area contributed by atoms with Crippen LogP contribution in [0, 0.1) is 26.1 Å². The van der Waals surface area contributed by atoms with E-state index in [4.69, 9.17) is 9.47 Å². The highest BCUT2D eigenvalue weighted by Gasteiger charge is 2.38. The molecule has 1 aliphatic rings. The Balaban J connectivity index is 2.49. The third-order valence-corrected chi connectivity index (χ3v) is 4.68. The number of carbonyl (C=O) groups is 2. The van der Waals surface area contributed by atoms with Crippen LogP contribution in [0.2, 0.25) is 0 Å². The second kappa shape index (κ2) is 11.1. The Morgan fingerprint density at radius 2 is 1.64 bits per heavy atom. The molecule has 0 fully saturated rings. The zero-order valence-corrected chi connectivity index (χ0v) is 18.7. The molecule has 12 heteroatoms. The fourth-order valence-corrected chi connectivity index (χ4v) is 3.33. The summed E-state index contributed by atoms with van der Waals surface area (Å²) in [6, 6.07) is 5.57. The van der Waals surface area contributed by atoms with Gasteiger partial charge in [0.05, 0.1) is 28.6 Å². The number of nitrogens with one attached hydrogen (secondary N) is 1. The van der Waals surface area contributed by atoms with Crippen LogP contribution in [0.15, 0.2) is 46.8 Å². The Hall–Kier alpha value is -3.96. The number of non-ortho nitro benzene ring substituents is 1. The van der Waals surface area contributed by atoms with Crippen molar-refractivity contribution in [1.82, 2.24) is 5.32 Å². The van der Waals surface area contributed by atoms with E-state index in [0.29, 0.717) is 17.0 Å². The van der Waals surface area contributed by atoms with E-state index >= 15 is 0 Å².